The molecule has 0 unspecified atom stereocenters. The van der Waals surface area contributed by atoms with E-state index in [1.807, 2.05) is 38.4 Å². The van der Waals surface area contributed by atoms with Crippen LogP contribution in [0.5, 0.6) is 5.75 Å². The molecule has 34 heavy (non-hydrogen) atoms. The van der Waals surface area contributed by atoms with Crippen LogP contribution in [0.15, 0.2) is 66.7 Å². The van der Waals surface area contributed by atoms with Crippen LogP contribution in [0.2, 0.25) is 0 Å². The highest BCUT2D eigenvalue weighted by molar-refractivity contribution is 6.21. The number of hydrogen-bond acceptors (Lipinski definition) is 5. The molecule has 0 radical (unpaired) electrons. The van der Waals surface area contributed by atoms with E-state index in [-0.39, 0.29) is 24.3 Å². The molecule has 1 aliphatic rings. The van der Waals surface area contributed by atoms with Crippen LogP contribution < -0.4 is 10.1 Å². The molecule has 0 saturated heterocycles. The summed E-state index contributed by atoms with van der Waals surface area (Å²) >= 11 is 0. The van der Waals surface area contributed by atoms with Crippen molar-refractivity contribution >= 4 is 17.7 Å². The molecule has 0 bridgehead atoms. The predicted molar refractivity (Wildman–Crippen MR) is 129 cm³/mol. The topological polar surface area (TPSA) is 78.9 Å². The largest absolute Gasteiger partial charge is 0.496 e. The lowest BCUT2D eigenvalue weighted by Gasteiger charge is -2.16. The molecule has 4 rings (SSSR count). The molecule has 0 aromatic heterocycles. The van der Waals surface area contributed by atoms with E-state index < -0.39 is 0 Å². The van der Waals surface area contributed by atoms with Gasteiger partial charge in [-0.25, -0.2) is 0 Å². The Labute approximate surface area is 198 Å². The van der Waals surface area contributed by atoms with Gasteiger partial charge in [-0.3, -0.25) is 19.3 Å². The first kappa shape index (κ1) is 23.2. The van der Waals surface area contributed by atoms with Gasteiger partial charge < -0.3 is 15.0 Å². The minimum absolute atomic E-state index is 0.0734. The number of amides is 3. The maximum atomic E-state index is 13.0. The number of nitrogens with zero attached hydrogens (tertiary/aromatic N) is 2. The fourth-order valence-corrected chi connectivity index (χ4v) is 4.00. The van der Waals surface area contributed by atoms with Gasteiger partial charge in [0.2, 0.25) is 0 Å². The number of benzene rings is 3. The standard InChI is InChI=1S/C27H27N3O4/c1-29(2)16-19-10-8-18(9-11-19)15-28-25(31)23-14-20(12-13-24(23)34-3)17-30-26(32)21-6-4-5-7-22(21)27(30)33/h4-14H,15-17H2,1-3H3,(H,28,31). The molecule has 7 heteroatoms. The summed E-state index contributed by atoms with van der Waals surface area (Å²) in [6.45, 7) is 1.29. The van der Waals surface area contributed by atoms with Crippen LogP contribution in [0.3, 0.4) is 0 Å². The summed E-state index contributed by atoms with van der Waals surface area (Å²) in [5.74, 6) is -0.538. The predicted octanol–water partition coefficient (Wildman–Crippen LogP) is 3.48. The second-order valence-corrected chi connectivity index (χ2v) is 8.51. The summed E-state index contributed by atoms with van der Waals surface area (Å²) in [5.41, 5.74) is 3.99. The normalized spacial score (nSPS) is 12.8. The van der Waals surface area contributed by atoms with Crippen molar-refractivity contribution in [3.05, 3.63) is 100 Å². The van der Waals surface area contributed by atoms with Gasteiger partial charge in [0, 0.05) is 13.1 Å². The summed E-state index contributed by atoms with van der Waals surface area (Å²) in [4.78, 5) is 41.6. The SMILES string of the molecule is COc1ccc(CN2C(=O)c3ccccc3C2=O)cc1C(=O)NCc1ccc(CN(C)C)cc1. The Kier molecular flexibility index (Phi) is 6.75. The van der Waals surface area contributed by atoms with Gasteiger partial charge >= 0.3 is 0 Å². The second-order valence-electron chi connectivity index (χ2n) is 8.51. The van der Waals surface area contributed by atoms with Crippen molar-refractivity contribution in [2.75, 3.05) is 21.2 Å². The monoisotopic (exact) mass is 457 g/mol. The minimum atomic E-state index is -0.333. The first-order valence-corrected chi connectivity index (χ1v) is 11.0. The quantitative estimate of drug-likeness (QED) is 0.524. The van der Waals surface area contributed by atoms with Crippen LogP contribution in [0.1, 0.15) is 47.8 Å². The summed E-state index contributed by atoms with van der Waals surface area (Å²) in [5, 5.41) is 2.93. The molecule has 1 heterocycles. The van der Waals surface area contributed by atoms with E-state index in [4.69, 9.17) is 4.74 Å². The molecule has 3 amide bonds. The third-order valence-corrected chi connectivity index (χ3v) is 5.70. The Morgan fingerprint density at radius 1 is 0.882 bits per heavy atom. The molecule has 0 spiro atoms. The molecule has 1 N–H and O–H groups in total. The molecular formula is C27H27N3O4. The Morgan fingerprint density at radius 3 is 2.06 bits per heavy atom. The molecule has 0 saturated carbocycles. The van der Waals surface area contributed by atoms with Crippen molar-refractivity contribution in [3.8, 4) is 5.75 Å². The van der Waals surface area contributed by atoms with Crippen LogP contribution in [0.4, 0.5) is 0 Å². The zero-order chi connectivity index (χ0) is 24.2. The van der Waals surface area contributed by atoms with Gasteiger partial charge in [0.05, 0.1) is 30.3 Å². The van der Waals surface area contributed by atoms with Crippen molar-refractivity contribution in [1.29, 1.82) is 0 Å². The van der Waals surface area contributed by atoms with Crippen LogP contribution in [-0.4, -0.2) is 48.7 Å². The van der Waals surface area contributed by atoms with Gasteiger partial charge in [0.25, 0.3) is 17.7 Å². The number of fused-ring (bicyclic) bond motifs is 1. The lowest BCUT2D eigenvalue weighted by molar-refractivity contribution is 0.0642. The molecule has 0 atom stereocenters. The van der Waals surface area contributed by atoms with E-state index in [0.717, 1.165) is 12.1 Å². The molecular weight excluding hydrogens is 430 g/mol. The van der Waals surface area contributed by atoms with Crippen molar-refractivity contribution in [3.63, 3.8) is 0 Å². The summed E-state index contributed by atoms with van der Waals surface area (Å²) in [6.07, 6.45) is 0. The number of hydrogen-bond donors (Lipinski definition) is 1. The molecule has 7 nitrogen and oxygen atoms in total. The van der Waals surface area contributed by atoms with Gasteiger partial charge in [-0.1, -0.05) is 42.5 Å². The first-order valence-electron chi connectivity index (χ1n) is 11.0. The van der Waals surface area contributed by atoms with Gasteiger partial charge in [0.15, 0.2) is 0 Å². The first-order chi connectivity index (χ1) is 16.4. The number of ether oxygens (including phenoxy) is 1. The number of nitrogens with one attached hydrogen (secondary N) is 1. The number of rotatable bonds is 8. The van der Waals surface area contributed by atoms with Crippen LogP contribution >= 0.6 is 0 Å². The highest BCUT2D eigenvalue weighted by Crippen LogP contribution is 2.26. The summed E-state index contributed by atoms with van der Waals surface area (Å²) < 4.78 is 5.38. The van der Waals surface area contributed by atoms with Gasteiger partial charge in [-0.05, 0) is 55.1 Å². The van der Waals surface area contributed by atoms with E-state index in [2.05, 4.69) is 10.2 Å². The Bertz CT molecular complexity index is 1200. The van der Waals surface area contributed by atoms with Crippen molar-refractivity contribution in [2.45, 2.75) is 19.6 Å². The molecule has 3 aromatic carbocycles. The Hall–Kier alpha value is -3.97. The lowest BCUT2D eigenvalue weighted by Crippen LogP contribution is -2.29. The van der Waals surface area contributed by atoms with E-state index in [9.17, 15) is 14.4 Å². The molecule has 3 aromatic rings. The van der Waals surface area contributed by atoms with E-state index in [0.29, 0.717) is 34.5 Å². The third kappa shape index (κ3) is 4.84. The average molecular weight is 458 g/mol. The highest BCUT2D eigenvalue weighted by Gasteiger charge is 2.35. The van der Waals surface area contributed by atoms with Crippen molar-refractivity contribution in [2.24, 2.45) is 0 Å². The zero-order valence-corrected chi connectivity index (χ0v) is 19.5. The number of carbonyl (C=O) groups excluding carboxylic acids is 3. The maximum absolute atomic E-state index is 13.0. The molecule has 0 aliphatic carbocycles. The second kappa shape index (κ2) is 9.89. The third-order valence-electron chi connectivity index (χ3n) is 5.70. The van der Waals surface area contributed by atoms with Gasteiger partial charge in [0.1, 0.15) is 5.75 Å². The van der Waals surface area contributed by atoms with Crippen LogP contribution in [0.25, 0.3) is 0 Å². The van der Waals surface area contributed by atoms with E-state index >= 15 is 0 Å². The van der Waals surface area contributed by atoms with Crippen molar-refractivity contribution in [1.82, 2.24) is 15.1 Å². The lowest BCUT2D eigenvalue weighted by atomic mass is 10.1. The minimum Gasteiger partial charge on any atom is -0.496 e. The van der Waals surface area contributed by atoms with E-state index in [1.165, 1.54) is 17.6 Å². The highest BCUT2D eigenvalue weighted by atomic mass is 16.5. The van der Waals surface area contributed by atoms with Crippen LogP contribution in [-0.2, 0) is 19.6 Å². The van der Waals surface area contributed by atoms with E-state index in [1.54, 1.807) is 42.5 Å². The Morgan fingerprint density at radius 2 is 1.47 bits per heavy atom. The molecule has 0 fully saturated rings. The fraction of sp³-hybridized carbons (Fsp3) is 0.222. The number of carbonyl (C=O) groups is 3. The number of imide groups is 1. The average Bonchev–Trinajstić information content (AvgIpc) is 3.08. The smallest absolute Gasteiger partial charge is 0.261 e. The molecule has 174 valence electrons. The van der Waals surface area contributed by atoms with Gasteiger partial charge in [-0.2, -0.15) is 0 Å². The fourth-order valence-electron chi connectivity index (χ4n) is 4.00. The Balaban J connectivity index is 1.46. The van der Waals surface area contributed by atoms with Crippen molar-refractivity contribution < 1.29 is 19.1 Å². The molecule has 1 aliphatic heterocycles. The van der Waals surface area contributed by atoms with Gasteiger partial charge in [-0.15, -0.1) is 0 Å². The maximum Gasteiger partial charge on any atom is 0.261 e. The summed E-state index contributed by atoms with van der Waals surface area (Å²) in [7, 11) is 5.54. The zero-order valence-electron chi connectivity index (χ0n) is 19.5. The summed E-state index contributed by atoms with van der Waals surface area (Å²) in [6, 6.07) is 19.9. The van der Waals surface area contributed by atoms with Crippen LogP contribution in [0, 0.1) is 0 Å². The number of methoxy groups -OCH3 is 1.